The SMILES string of the molecule is CC(C)c1ccc(NC(=O)/C(C#N)=C\NCc2ccc(C(=O)O)cc2)cc1. The molecule has 138 valence electrons. The normalized spacial score (nSPS) is 11.0. The average molecular weight is 363 g/mol. The van der Waals surface area contributed by atoms with Crippen molar-refractivity contribution in [2.75, 3.05) is 5.32 Å². The third kappa shape index (κ3) is 5.72. The molecule has 3 N–H and O–H groups in total. The summed E-state index contributed by atoms with van der Waals surface area (Å²) < 4.78 is 0. The molecule has 0 heterocycles. The maximum Gasteiger partial charge on any atom is 0.335 e. The van der Waals surface area contributed by atoms with Crippen LogP contribution in [-0.2, 0) is 11.3 Å². The zero-order chi connectivity index (χ0) is 19.8. The highest BCUT2D eigenvalue weighted by Gasteiger charge is 2.09. The van der Waals surface area contributed by atoms with Crippen LogP contribution < -0.4 is 10.6 Å². The molecule has 27 heavy (non-hydrogen) atoms. The number of benzene rings is 2. The van der Waals surface area contributed by atoms with Crippen molar-refractivity contribution >= 4 is 17.6 Å². The molecule has 0 aromatic heterocycles. The zero-order valence-electron chi connectivity index (χ0n) is 15.2. The van der Waals surface area contributed by atoms with E-state index in [0.717, 1.165) is 5.56 Å². The van der Waals surface area contributed by atoms with Gasteiger partial charge in [-0.3, -0.25) is 4.79 Å². The molecule has 0 atom stereocenters. The molecule has 1 amide bonds. The van der Waals surface area contributed by atoms with Gasteiger partial charge in [0.05, 0.1) is 5.56 Å². The third-order valence-electron chi connectivity index (χ3n) is 3.95. The highest BCUT2D eigenvalue weighted by atomic mass is 16.4. The molecular formula is C21H21N3O3. The first-order valence-electron chi connectivity index (χ1n) is 8.48. The summed E-state index contributed by atoms with van der Waals surface area (Å²) in [6.45, 7) is 4.54. The molecule has 0 fully saturated rings. The number of amides is 1. The fraction of sp³-hybridized carbons (Fsp3) is 0.190. The van der Waals surface area contributed by atoms with Gasteiger partial charge >= 0.3 is 5.97 Å². The van der Waals surface area contributed by atoms with Crippen LogP contribution in [0.2, 0.25) is 0 Å². The number of anilines is 1. The molecular weight excluding hydrogens is 342 g/mol. The Bertz CT molecular complexity index is 876. The van der Waals surface area contributed by atoms with Crippen molar-refractivity contribution < 1.29 is 14.7 Å². The van der Waals surface area contributed by atoms with Gasteiger partial charge < -0.3 is 15.7 Å². The lowest BCUT2D eigenvalue weighted by Gasteiger charge is -2.08. The molecule has 0 spiro atoms. The quantitative estimate of drug-likeness (QED) is 0.515. The van der Waals surface area contributed by atoms with E-state index in [1.54, 1.807) is 24.3 Å². The molecule has 0 saturated heterocycles. The number of nitrogens with one attached hydrogen (secondary N) is 2. The van der Waals surface area contributed by atoms with E-state index in [1.807, 2.05) is 18.2 Å². The smallest absolute Gasteiger partial charge is 0.335 e. The first-order valence-corrected chi connectivity index (χ1v) is 8.48. The fourth-order valence-electron chi connectivity index (χ4n) is 2.33. The van der Waals surface area contributed by atoms with E-state index >= 15 is 0 Å². The summed E-state index contributed by atoms with van der Waals surface area (Å²) in [4.78, 5) is 23.0. The van der Waals surface area contributed by atoms with Crippen LogP contribution in [0.5, 0.6) is 0 Å². The summed E-state index contributed by atoms with van der Waals surface area (Å²) in [5, 5.41) is 23.7. The van der Waals surface area contributed by atoms with Gasteiger partial charge in [0, 0.05) is 18.4 Å². The minimum atomic E-state index is -0.987. The molecule has 0 saturated carbocycles. The number of carboxylic acid groups (broad SMARTS) is 1. The van der Waals surface area contributed by atoms with Crippen molar-refractivity contribution in [1.29, 1.82) is 5.26 Å². The van der Waals surface area contributed by atoms with Crippen molar-refractivity contribution in [3.05, 3.63) is 77.0 Å². The Morgan fingerprint density at radius 3 is 2.26 bits per heavy atom. The van der Waals surface area contributed by atoms with Crippen LogP contribution in [0.3, 0.4) is 0 Å². The van der Waals surface area contributed by atoms with Crippen molar-refractivity contribution in [2.24, 2.45) is 0 Å². The van der Waals surface area contributed by atoms with Gasteiger partial charge in [-0.05, 0) is 41.3 Å². The monoisotopic (exact) mass is 363 g/mol. The van der Waals surface area contributed by atoms with Crippen LogP contribution >= 0.6 is 0 Å². The Labute approximate surface area is 158 Å². The molecule has 2 aromatic rings. The van der Waals surface area contributed by atoms with Crippen LogP contribution in [0.15, 0.2) is 60.3 Å². The molecule has 6 nitrogen and oxygen atoms in total. The molecule has 6 heteroatoms. The van der Waals surface area contributed by atoms with Crippen molar-refractivity contribution in [3.8, 4) is 6.07 Å². The summed E-state index contributed by atoms with van der Waals surface area (Å²) in [5.41, 5.74) is 2.77. The topological polar surface area (TPSA) is 102 Å². The number of rotatable bonds is 7. The fourth-order valence-corrected chi connectivity index (χ4v) is 2.33. The van der Waals surface area contributed by atoms with Crippen LogP contribution in [0.25, 0.3) is 0 Å². The first-order chi connectivity index (χ1) is 12.9. The van der Waals surface area contributed by atoms with Gasteiger partial charge in [0.25, 0.3) is 5.91 Å². The number of aromatic carboxylic acids is 1. The maximum absolute atomic E-state index is 12.2. The number of carbonyl (C=O) groups excluding carboxylic acids is 1. The first kappa shape index (κ1) is 19.7. The predicted octanol–water partition coefficient (Wildman–Crippen LogP) is 3.64. The number of carbonyl (C=O) groups is 2. The number of hydrogen-bond acceptors (Lipinski definition) is 4. The van der Waals surface area contributed by atoms with Gasteiger partial charge in [0.15, 0.2) is 0 Å². The molecule has 2 rings (SSSR count). The van der Waals surface area contributed by atoms with E-state index in [4.69, 9.17) is 5.11 Å². The third-order valence-corrected chi connectivity index (χ3v) is 3.95. The lowest BCUT2D eigenvalue weighted by molar-refractivity contribution is -0.112. The van der Waals surface area contributed by atoms with Crippen LogP contribution in [-0.4, -0.2) is 17.0 Å². The minimum absolute atomic E-state index is 0.0508. The highest BCUT2D eigenvalue weighted by molar-refractivity contribution is 6.06. The Balaban J connectivity index is 1.95. The summed E-state index contributed by atoms with van der Waals surface area (Å²) in [7, 11) is 0. The maximum atomic E-state index is 12.2. The molecule has 0 aliphatic rings. The summed E-state index contributed by atoms with van der Waals surface area (Å²) in [5.74, 6) is -1.08. The average Bonchev–Trinajstić information content (AvgIpc) is 2.66. The van der Waals surface area contributed by atoms with Gasteiger partial charge in [-0.2, -0.15) is 5.26 Å². The van der Waals surface area contributed by atoms with Gasteiger partial charge in [-0.25, -0.2) is 4.79 Å². The van der Waals surface area contributed by atoms with Crippen LogP contribution in [0.1, 0.15) is 41.3 Å². The molecule has 0 bridgehead atoms. The number of carboxylic acids is 1. The summed E-state index contributed by atoms with van der Waals surface area (Å²) in [6.07, 6.45) is 1.35. The molecule has 2 aromatic carbocycles. The summed E-state index contributed by atoms with van der Waals surface area (Å²) >= 11 is 0. The zero-order valence-corrected chi connectivity index (χ0v) is 15.2. The van der Waals surface area contributed by atoms with Crippen LogP contribution in [0.4, 0.5) is 5.69 Å². The molecule has 0 aliphatic carbocycles. The second-order valence-electron chi connectivity index (χ2n) is 6.28. The van der Waals surface area contributed by atoms with E-state index in [2.05, 4.69) is 24.5 Å². The largest absolute Gasteiger partial charge is 0.478 e. The van der Waals surface area contributed by atoms with Gasteiger partial charge in [-0.1, -0.05) is 38.1 Å². The highest BCUT2D eigenvalue weighted by Crippen LogP contribution is 2.17. The summed E-state index contributed by atoms with van der Waals surface area (Å²) in [6, 6.07) is 15.7. The van der Waals surface area contributed by atoms with Crippen molar-refractivity contribution in [2.45, 2.75) is 26.3 Å². The number of nitrogens with zero attached hydrogens (tertiary/aromatic N) is 1. The Morgan fingerprint density at radius 2 is 1.74 bits per heavy atom. The second kappa shape index (κ2) is 9.20. The van der Waals surface area contributed by atoms with E-state index in [0.29, 0.717) is 18.2 Å². The predicted molar refractivity (Wildman–Crippen MR) is 103 cm³/mol. The Kier molecular flexibility index (Phi) is 6.73. The van der Waals surface area contributed by atoms with Crippen molar-refractivity contribution in [1.82, 2.24) is 5.32 Å². The number of hydrogen-bond donors (Lipinski definition) is 3. The lowest BCUT2D eigenvalue weighted by Crippen LogP contribution is -2.16. The Morgan fingerprint density at radius 1 is 1.11 bits per heavy atom. The van der Waals surface area contributed by atoms with E-state index in [-0.39, 0.29) is 11.1 Å². The van der Waals surface area contributed by atoms with E-state index in [1.165, 1.54) is 23.9 Å². The standard InChI is InChI=1S/C21H21N3O3/c1-14(2)16-7-9-19(10-8-16)24-20(25)18(11-22)13-23-12-15-3-5-17(6-4-15)21(26)27/h3-10,13-14,23H,12H2,1-2H3,(H,24,25)(H,26,27)/b18-13-. The molecule has 0 aliphatic heterocycles. The van der Waals surface area contributed by atoms with Gasteiger partial charge in [-0.15, -0.1) is 0 Å². The van der Waals surface area contributed by atoms with E-state index < -0.39 is 11.9 Å². The molecule has 0 unspecified atom stereocenters. The van der Waals surface area contributed by atoms with Crippen molar-refractivity contribution in [3.63, 3.8) is 0 Å². The lowest BCUT2D eigenvalue weighted by atomic mass is 10.0. The number of nitriles is 1. The minimum Gasteiger partial charge on any atom is -0.478 e. The second-order valence-corrected chi connectivity index (χ2v) is 6.28. The van der Waals surface area contributed by atoms with Gasteiger partial charge in [0.2, 0.25) is 0 Å². The van der Waals surface area contributed by atoms with Crippen LogP contribution in [0, 0.1) is 11.3 Å². The Hall–Kier alpha value is -3.59. The van der Waals surface area contributed by atoms with Gasteiger partial charge in [0.1, 0.15) is 11.6 Å². The van der Waals surface area contributed by atoms with E-state index in [9.17, 15) is 14.9 Å². The molecule has 0 radical (unpaired) electrons.